The number of aromatic nitrogens is 2. The van der Waals surface area contributed by atoms with Crippen LogP contribution in [0, 0.1) is 0 Å². The standard InChI is InChI=1S/C15H21N3OS/c1-19-12-5-6-13-14(11-12)17-15(16-13)20-10-9-18-7-3-2-4-8-18/h5-6,11H,2-4,7-10H2,1H3,(H,16,17). The lowest BCUT2D eigenvalue weighted by molar-refractivity contribution is 0.242. The molecule has 0 saturated carbocycles. The van der Waals surface area contributed by atoms with Crippen molar-refractivity contribution in [2.45, 2.75) is 24.4 Å². The molecule has 1 aromatic carbocycles. The van der Waals surface area contributed by atoms with Crippen LogP contribution in [0.5, 0.6) is 5.75 Å². The molecule has 1 aliphatic rings. The number of imidazole rings is 1. The molecule has 1 N–H and O–H groups in total. The average Bonchev–Trinajstić information content (AvgIpc) is 2.90. The number of aromatic amines is 1. The van der Waals surface area contributed by atoms with Crippen molar-refractivity contribution in [2.24, 2.45) is 0 Å². The number of fused-ring (bicyclic) bond motifs is 1. The normalized spacial score (nSPS) is 16.6. The second-order valence-corrected chi connectivity index (χ2v) is 6.26. The first-order valence-corrected chi connectivity index (χ1v) is 8.22. The maximum absolute atomic E-state index is 5.23. The molecule has 5 heteroatoms. The Morgan fingerprint density at radius 2 is 2.15 bits per heavy atom. The van der Waals surface area contributed by atoms with Crippen molar-refractivity contribution in [1.29, 1.82) is 0 Å². The van der Waals surface area contributed by atoms with Gasteiger partial charge in [-0.3, -0.25) is 0 Å². The van der Waals surface area contributed by atoms with Gasteiger partial charge < -0.3 is 14.6 Å². The third kappa shape index (κ3) is 3.27. The number of hydrogen-bond acceptors (Lipinski definition) is 4. The van der Waals surface area contributed by atoms with Crippen molar-refractivity contribution in [2.75, 3.05) is 32.5 Å². The predicted molar refractivity (Wildman–Crippen MR) is 83.7 cm³/mol. The summed E-state index contributed by atoms with van der Waals surface area (Å²) < 4.78 is 5.23. The second-order valence-electron chi connectivity index (χ2n) is 5.18. The number of thioether (sulfide) groups is 1. The number of ether oxygens (including phenoxy) is 1. The van der Waals surface area contributed by atoms with Crippen LogP contribution in [0.1, 0.15) is 19.3 Å². The Kier molecular flexibility index (Phi) is 4.47. The summed E-state index contributed by atoms with van der Waals surface area (Å²) in [5, 5.41) is 1.00. The van der Waals surface area contributed by atoms with E-state index in [0.717, 1.165) is 34.2 Å². The van der Waals surface area contributed by atoms with Gasteiger partial charge in [0.2, 0.25) is 0 Å². The van der Waals surface area contributed by atoms with Gasteiger partial charge in [-0.25, -0.2) is 4.98 Å². The van der Waals surface area contributed by atoms with Crippen molar-refractivity contribution in [3.8, 4) is 5.75 Å². The monoisotopic (exact) mass is 291 g/mol. The Morgan fingerprint density at radius 1 is 1.30 bits per heavy atom. The highest BCUT2D eigenvalue weighted by Gasteiger charge is 2.10. The van der Waals surface area contributed by atoms with Gasteiger partial charge in [-0.15, -0.1) is 0 Å². The maximum Gasteiger partial charge on any atom is 0.166 e. The van der Waals surface area contributed by atoms with Gasteiger partial charge in [-0.05, 0) is 38.1 Å². The number of nitrogens with one attached hydrogen (secondary N) is 1. The lowest BCUT2D eigenvalue weighted by Gasteiger charge is -2.25. The summed E-state index contributed by atoms with van der Waals surface area (Å²) in [6, 6.07) is 5.95. The van der Waals surface area contributed by atoms with Gasteiger partial charge in [0, 0.05) is 18.4 Å². The minimum atomic E-state index is 0.867. The molecule has 3 rings (SSSR count). The Morgan fingerprint density at radius 3 is 2.95 bits per heavy atom. The number of nitrogens with zero attached hydrogens (tertiary/aromatic N) is 2. The number of piperidine rings is 1. The summed E-state index contributed by atoms with van der Waals surface area (Å²) in [6.07, 6.45) is 4.11. The summed E-state index contributed by atoms with van der Waals surface area (Å²) in [7, 11) is 1.69. The first kappa shape index (κ1) is 13.8. The van der Waals surface area contributed by atoms with Crippen molar-refractivity contribution in [3.63, 3.8) is 0 Å². The van der Waals surface area contributed by atoms with Gasteiger partial charge >= 0.3 is 0 Å². The van der Waals surface area contributed by atoms with E-state index in [1.165, 1.54) is 32.4 Å². The van der Waals surface area contributed by atoms with Crippen LogP contribution in [0.25, 0.3) is 11.0 Å². The van der Waals surface area contributed by atoms with Crippen molar-refractivity contribution in [1.82, 2.24) is 14.9 Å². The van der Waals surface area contributed by atoms with Gasteiger partial charge in [0.1, 0.15) is 5.75 Å². The third-order valence-corrected chi connectivity index (χ3v) is 4.62. The number of rotatable bonds is 5. The molecule has 20 heavy (non-hydrogen) atoms. The van der Waals surface area contributed by atoms with Crippen molar-refractivity contribution in [3.05, 3.63) is 18.2 Å². The van der Waals surface area contributed by atoms with Crippen LogP contribution in [0.4, 0.5) is 0 Å². The van der Waals surface area contributed by atoms with Gasteiger partial charge in [0.05, 0.1) is 18.1 Å². The Hall–Kier alpha value is -1.20. The van der Waals surface area contributed by atoms with E-state index in [-0.39, 0.29) is 0 Å². The average molecular weight is 291 g/mol. The lowest BCUT2D eigenvalue weighted by atomic mass is 10.1. The lowest BCUT2D eigenvalue weighted by Crippen LogP contribution is -2.31. The largest absolute Gasteiger partial charge is 0.497 e. The van der Waals surface area contributed by atoms with Crippen LogP contribution < -0.4 is 4.74 Å². The molecule has 4 nitrogen and oxygen atoms in total. The van der Waals surface area contributed by atoms with Crippen LogP contribution >= 0.6 is 11.8 Å². The zero-order valence-corrected chi connectivity index (χ0v) is 12.7. The number of benzene rings is 1. The number of hydrogen-bond donors (Lipinski definition) is 1. The fraction of sp³-hybridized carbons (Fsp3) is 0.533. The summed E-state index contributed by atoms with van der Waals surface area (Å²) in [5.41, 5.74) is 2.05. The molecule has 0 aliphatic carbocycles. The van der Waals surface area contributed by atoms with Crippen LogP contribution in [0.3, 0.4) is 0 Å². The van der Waals surface area contributed by atoms with E-state index in [4.69, 9.17) is 4.74 Å². The summed E-state index contributed by atoms with van der Waals surface area (Å²) in [4.78, 5) is 10.5. The molecule has 0 atom stereocenters. The van der Waals surface area contributed by atoms with E-state index in [0.29, 0.717) is 0 Å². The van der Waals surface area contributed by atoms with Crippen LogP contribution in [-0.2, 0) is 0 Å². The van der Waals surface area contributed by atoms with E-state index >= 15 is 0 Å². The van der Waals surface area contributed by atoms with E-state index < -0.39 is 0 Å². The molecule has 1 aromatic heterocycles. The molecule has 0 spiro atoms. The highest BCUT2D eigenvalue weighted by Crippen LogP contribution is 2.23. The molecule has 2 heterocycles. The topological polar surface area (TPSA) is 41.1 Å². The summed E-state index contributed by atoms with van der Waals surface area (Å²) in [6.45, 7) is 3.68. The first-order valence-electron chi connectivity index (χ1n) is 7.24. The van der Waals surface area contributed by atoms with Gasteiger partial charge in [0.25, 0.3) is 0 Å². The van der Waals surface area contributed by atoms with Crippen LogP contribution in [0.2, 0.25) is 0 Å². The molecule has 1 fully saturated rings. The van der Waals surface area contributed by atoms with Crippen molar-refractivity contribution >= 4 is 22.8 Å². The van der Waals surface area contributed by atoms with E-state index in [9.17, 15) is 0 Å². The third-order valence-electron chi connectivity index (χ3n) is 3.76. The number of likely N-dealkylation sites (tertiary alicyclic amines) is 1. The molecule has 0 unspecified atom stereocenters. The molecule has 108 valence electrons. The second kappa shape index (κ2) is 6.50. The molecule has 0 bridgehead atoms. The molecule has 0 amide bonds. The minimum Gasteiger partial charge on any atom is -0.497 e. The highest BCUT2D eigenvalue weighted by molar-refractivity contribution is 7.99. The molecule has 1 saturated heterocycles. The molecule has 2 aromatic rings. The zero-order valence-electron chi connectivity index (χ0n) is 11.9. The molecule has 0 radical (unpaired) electrons. The predicted octanol–water partition coefficient (Wildman–Crippen LogP) is 3.15. The van der Waals surface area contributed by atoms with Gasteiger partial charge in [-0.1, -0.05) is 18.2 Å². The zero-order chi connectivity index (χ0) is 13.8. The number of methoxy groups -OCH3 is 1. The van der Waals surface area contributed by atoms with E-state index in [2.05, 4.69) is 14.9 Å². The smallest absolute Gasteiger partial charge is 0.166 e. The minimum absolute atomic E-state index is 0.867. The molecular weight excluding hydrogens is 270 g/mol. The number of H-pyrrole nitrogens is 1. The van der Waals surface area contributed by atoms with E-state index in [1.807, 2.05) is 18.2 Å². The van der Waals surface area contributed by atoms with E-state index in [1.54, 1.807) is 18.9 Å². The fourth-order valence-corrected chi connectivity index (χ4v) is 3.50. The Balaban J connectivity index is 1.57. The maximum atomic E-state index is 5.23. The molecule has 1 aliphatic heterocycles. The van der Waals surface area contributed by atoms with Gasteiger partial charge in [0.15, 0.2) is 5.16 Å². The Labute approximate surface area is 123 Å². The summed E-state index contributed by atoms with van der Waals surface area (Å²) in [5.74, 6) is 1.96. The quantitative estimate of drug-likeness (QED) is 0.859. The summed E-state index contributed by atoms with van der Waals surface area (Å²) >= 11 is 1.80. The Bertz CT molecular complexity index is 563. The SMILES string of the molecule is COc1ccc2nc(SCCN3CCCCC3)[nH]c2c1. The van der Waals surface area contributed by atoms with Crippen LogP contribution in [0.15, 0.2) is 23.4 Å². The highest BCUT2D eigenvalue weighted by atomic mass is 32.2. The van der Waals surface area contributed by atoms with Crippen molar-refractivity contribution < 1.29 is 4.74 Å². The van der Waals surface area contributed by atoms with Gasteiger partial charge in [-0.2, -0.15) is 0 Å². The molecular formula is C15H21N3OS. The first-order chi connectivity index (χ1) is 9.85. The van der Waals surface area contributed by atoms with Crippen LogP contribution in [-0.4, -0.2) is 47.4 Å². The fourth-order valence-electron chi connectivity index (χ4n) is 2.62.